The molecule has 1 atom stereocenters. The predicted molar refractivity (Wildman–Crippen MR) is 154 cm³/mol. The Balaban J connectivity index is 2.13. The monoisotopic (exact) mass is 477 g/mol. The first-order chi connectivity index (χ1) is 16.8. The lowest BCUT2D eigenvalue weighted by Gasteiger charge is -2.33. The molecule has 0 saturated carbocycles. The summed E-state index contributed by atoms with van der Waals surface area (Å²) in [6, 6.07) is 0. The Kier molecular flexibility index (Phi) is 22.2. The Morgan fingerprint density at radius 1 is 0.382 bits per heavy atom. The molecule has 1 rings (SSSR count). The molecule has 0 spiro atoms. The van der Waals surface area contributed by atoms with Gasteiger partial charge in [-0.1, -0.05) is 149 Å². The van der Waals surface area contributed by atoms with Crippen molar-refractivity contribution in [2.24, 2.45) is 0 Å². The number of hydrogen-bond acceptors (Lipinski definition) is 2. The molecule has 202 valence electrons. The van der Waals surface area contributed by atoms with Gasteiger partial charge in [-0.15, -0.1) is 0 Å². The predicted octanol–water partition coefficient (Wildman–Crippen LogP) is 10.8. The average molecular weight is 477 g/mol. The second kappa shape index (κ2) is 24.1. The van der Waals surface area contributed by atoms with E-state index in [2.05, 4.69) is 43.0 Å². The van der Waals surface area contributed by atoms with Crippen molar-refractivity contribution in [3.63, 3.8) is 0 Å². The molecule has 0 aliphatic carbocycles. The minimum Gasteiger partial charge on any atom is -0.356 e. The largest absolute Gasteiger partial charge is 0.356 e. The lowest BCUT2D eigenvalue weighted by atomic mass is 10.0. The summed E-state index contributed by atoms with van der Waals surface area (Å²) < 4.78 is 0. The van der Waals surface area contributed by atoms with Crippen LogP contribution in [0.25, 0.3) is 0 Å². The number of rotatable bonds is 26. The summed E-state index contributed by atoms with van der Waals surface area (Å²) in [5.41, 5.74) is 0. The highest BCUT2D eigenvalue weighted by Crippen LogP contribution is 2.23. The minimum atomic E-state index is 0.643. The lowest BCUT2D eigenvalue weighted by molar-refractivity contribution is 0.135. The summed E-state index contributed by atoms with van der Waals surface area (Å²) in [6.45, 7) is 9.45. The van der Waals surface area contributed by atoms with Gasteiger partial charge in [0.2, 0.25) is 0 Å². The Hall–Kier alpha value is -0.660. The SMILES string of the molecule is CCCCCCCCCCCCCCCC1N(CCCCC)C=CN1CCCCCCCCC. The van der Waals surface area contributed by atoms with E-state index in [1.54, 1.807) is 0 Å². The van der Waals surface area contributed by atoms with E-state index in [-0.39, 0.29) is 0 Å². The van der Waals surface area contributed by atoms with Gasteiger partial charge in [-0.3, -0.25) is 0 Å². The number of unbranched alkanes of at least 4 members (excludes halogenated alkanes) is 20. The third kappa shape index (κ3) is 16.9. The molecule has 2 heteroatoms. The summed E-state index contributed by atoms with van der Waals surface area (Å²) in [7, 11) is 0. The molecule has 1 aliphatic rings. The summed E-state index contributed by atoms with van der Waals surface area (Å²) in [5, 5.41) is 0. The van der Waals surface area contributed by atoms with Gasteiger partial charge < -0.3 is 9.80 Å². The summed E-state index contributed by atoms with van der Waals surface area (Å²) in [5.74, 6) is 0. The van der Waals surface area contributed by atoms with Gasteiger partial charge in [0.25, 0.3) is 0 Å². The van der Waals surface area contributed by atoms with Crippen LogP contribution in [-0.2, 0) is 0 Å². The van der Waals surface area contributed by atoms with Crippen LogP contribution < -0.4 is 0 Å². The van der Waals surface area contributed by atoms with Gasteiger partial charge in [0.15, 0.2) is 0 Å². The van der Waals surface area contributed by atoms with E-state index in [1.807, 2.05) is 0 Å². The van der Waals surface area contributed by atoms with Gasteiger partial charge in [0, 0.05) is 25.5 Å². The second-order valence-electron chi connectivity index (χ2n) is 11.1. The van der Waals surface area contributed by atoms with E-state index in [1.165, 1.54) is 167 Å². The normalized spacial score (nSPS) is 15.7. The third-order valence-corrected chi connectivity index (χ3v) is 7.82. The first-order valence-electron chi connectivity index (χ1n) is 16.0. The Morgan fingerprint density at radius 2 is 0.676 bits per heavy atom. The maximum atomic E-state index is 2.68. The third-order valence-electron chi connectivity index (χ3n) is 7.82. The first-order valence-corrected chi connectivity index (χ1v) is 16.0. The molecule has 0 aromatic heterocycles. The van der Waals surface area contributed by atoms with Gasteiger partial charge in [-0.25, -0.2) is 0 Å². The molecule has 0 radical (unpaired) electrons. The van der Waals surface area contributed by atoms with E-state index >= 15 is 0 Å². The van der Waals surface area contributed by atoms with Crippen molar-refractivity contribution < 1.29 is 0 Å². The van der Waals surface area contributed by atoms with E-state index in [4.69, 9.17) is 0 Å². The molecule has 1 heterocycles. The molecule has 1 unspecified atom stereocenters. The molecule has 0 amide bonds. The van der Waals surface area contributed by atoms with Crippen molar-refractivity contribution in [1.82, 2.24) is 9.80 Å². The van der Waals surface area contributed by atoms with Crippen LogP contribution >= 0.6 is 0 Å². The van der Waals surface area contributed by atoms with E-state index < -0.39 is 0 Å². The summed E-state index contributed by atoms with van der Waals surface area (Å²) in [4.78, 5) is 5.34. The highest BCUT2D eigenvalue weighted by atomic mass is 15.4. The van der Waals surface area contributed by atoms with Gasteiger partial charge >= 0.3 is 0 Å². The molecular formula is C32H64N2. The second-order valence-corrected chi connectivity index (χ2v) is 11.1. The van der Waals surface area contributed by atoms with Gasteiger partial charge in [-0.2, -0.15) is 0 Å². The highest BCUT2D eigenvalue weighted by molar-refractivity contribution is 4.97. The fraction of sp³-hybridized carbons (Fsp3) is 0.938. The van der Waals surface area contributed by atoms with Crippen molar-refractivity contribution in [2.45, 2.75) is 181 Å². The molecule has 2 nitrogen and oxygen atoms in total. The van der Waals surface area contributed by atoms with Crippen molar-refractivity contribution in [1.29, 1.82) is 0 Å². The van der Waals surface area contributed by atoms with Crippen molar-refractivity contribution in [3.05, 3.63) is 12.4 Å². The average Bonchev–Trinajstić information content (AvgIpc) is 3.23. The van der Waals surface area contributed by atoms with Crippen molar-refractivity contribution >= 4 is 0 Å². The smallest absolute Gasteiger partial charge is 0.101 e. The van der Waals surface area contributed by atoms with Crippen LogP contribution in [0.3, 0.4) is 0 Å². The van der Waals surface area contributed by atoms with E-state index in [0.29, 0.717) is 6.17 Å². The fourth-order valence-electron chi connectivity index (χ4n) is 5.48. The van der Waals surface area contributed by atoms with Crippen molar-refractivity contribution in [2.75, 3.05) is 13.1 Å². The van der Waals surface area contributed by atoms with Crippen LogP contribution in [-0.4, -0.2) is 29.1 Å². The van der Waals surface area contributed by atoms with Crippen LogP contribution in [0.2, 0.25) is 0 Å². The summed E-state index contributed by atoms with van der Waals surface area (Å²) >= 11 is 0. The number of hydrogen-bond donors (Lipinski definition) is 0. The highest BCUT2D eigenvalue weighted by Gasteiger charge is 2.24. The lowest BCUT2D eigenvalue weighted by Crippen LogP contribution is -2.39. The summed E-state index contributed by atoms with van der Waals surface area (Å²) in [6.07, 6.45) is 39.5. The molecule has 0 N–H and O–H groups in total. The zero-order chi connectivity index (χ0) is 24.5. The zero-order valence-electron chi connectivity index (χ0n) is 24.0. The van der Waals surface area contributed by atoms with Crippen LogP contribution in [0.1, 0.15) is 175 Å². The van der Waals surface area contributed by atoms with Gasteiger partial charge in [0.05, 0.1) is 0 Å². The van der Waals surface area contributed by atoms with Crippen LogP contribution in [0, 0.1) is 0 Å². The Morgan fingerprint density at radius 3 is 1.09 bits per heavy atom. The fourth-order valence-corrected chi connectivity index (χ4v) is 5.48. The van der Waals surface area contributed by atoms with E-state index in [0.717, 1.165) is 0 Å². The molecule has 0 saturated heterocycles. The maximum Gasteiger partial charge on any atom is 0.101 e. The molecule has 0 fully saturated rings. The minimum absolute atomic E-state index is 0.643. The Labute approximate surface area is 216 Å². The molecule has 0 bridgehead atoms. The topological polar surface area (TPSA) is 6.48 Å². The molecule has 34 heavy (non-hydrogen) atoms. The molecular weight excluding hydrogens is 412 g/mol. The zero-order valence-corrected chi connectivity index (χ0v) is 24.0. The standard InChI is InChI=1S/C32H64N2/c1-4-7-10-12-14-15-16-17-18-19-20-22-24-27-32-33(28-25-9-6-3)30-31-34(32)29-26-23-21-13-11-8-5-2/h30-32H,4-29H2,1-3H3. The van der Waals surface area contributed by atoms with Crippen LogP contribution in [0.4, 0.5) is 0 Å². The van der Waals surface area contributed by atoms with Crippen LogP contribution in [0.15, 0.2) is 12.4 Å². The van der Waals surface area contributed by atoms with Crippen molar-refractivity contribution in [3.8, 4) is 0 Å². The number of nitrogens with zero attached hydrogens (tertiary/aromatic N) is 2. The van der Waals surface area contributed by atoms with E-state index in [9.17, 15) is 0 Å². The molecule has 0 aromatic rings. The quantitative estimate of drug-likeness (QED) is 0.114. The molecule has 1 aliphatic heterocycles. The first kappa shape index (κ1) is 31.4. The Bertz CT molecular complexity index is 433. The molecule has 0 aromatic carbocycles. The van der Waals surface area contributed by atoms with Gasteiger partial charge in [-0.05, 0) is 25.7 Å². The van der Waals surface area contributed by atoms with Gasteiger partial charge in [0.1, 0.15) is 6.17 Å². The van der Waals surface area contributed by atoms with Crippen LogP contribution in [0.5, 0.6) is 0 Å². The maximum absolute atomic E-state index is 2.68.